The molecule has 0 spiro atoms. The zero-order valence-corrected chi connectivity index (χ0v) is 15.7. The van der Waals surface area contributed by atoms with Crippen LogP contribution < -0.4 is 0 Å². The van der Waals surface area contributed by atoms with Crippen LogP contribution in [-0.4, -0.2) is 31.6 Å². The highest BCUT2D eigenvalue weighted by Gasteiger charge is 2.26. The number of halogens is 1. The molecule has 7 heteroatoms. The normalized spacial score (nSPS) is 15.3. The van der Waals surface area contributed by atoms with Gasteiger partial charge in [0.2, 0.25) is 0 Å². The van der Waals surface area contributed by atoms with Crippen LogP contribution in [0.1, 0.15) is 31.7 Å². The second-order valence-corrected chi connectivity index (χ2v) is 7.37. The van der Waals surface area contributed by atoms with Crippen molar-refractivity contribution in [3.8, 4) is 22.8 Å². The van der Waals surface area contributed by atoms with Crippen LogP contribution >= 0.6 is 11.8 Å². The first kappa shape index (κ1) is 17.9. The lowest BCUT2D eigenvalue weighted by Crippen LogP contribution is -2.18. The Hall–Kier alpha value is -2.54. The van der Waals surface area contributed by atoms with Crippen molar-refractivity contribution in [3.63, 3.8) is 0 Å². The van der Waals surface area contributed by atoms with Crippen molar-refractivity contribution >= 4 is 17.5 Å². The molecule has 2 heterocycles. The molecule has 0 aliphatic heterocycles. The molecule has 1 aromatic carbocycles. The highest BCUT2D eigenvalue weighted by molar-refractivity contribution is 7.98. The number of aromatic nitrogens is 4. The maximum absolute atomic E-state index is 13.4. The molecular formula is C20H19FN4OS. The molecule has 5 nitrogen and oxygen atoms in total. The van der Waals surface area contributed by atoms with Crippen LogP contribution in [0.3, 0.4) is 0 Å². The molecule has 27 heavy (non-hydrogen) atoms. The Labute approximate surface area is 161 Å². The average molecular weight is 382 g/mol. The van der Waals surface area contributed by atoms with E-state index in [1.165, 1.54) is 12.1 Å². The number of hydrogen-bond acceptors (Lipinski definition) is 5. The summed E-state index contributed by atoms with van der Waals surface area (Å²) in [4.78, 5) is 25.4. The van der Waals surface area contributed by atoms with Crippen LogP contribution in [0.15, 0.2) is 47.9 Å². The molecule has 0 N–H and O–H groups in total. The minimum Gasteiger partial charge on any atom is -0.324 e. The van der Waals surface area contributed by atoms with Gasteiger partial charge >= 0.3 is 0 Å². The van der Waals surface area contributed by atoms with Gasteiger partial charge in [-0.15, -0.1) is 11.8 Å². The topological polar surface area (TPSA) is 60.7 Å². The van der Waals surface area contributed by atoms with E-state index in [2.05, 4.69) is 19.5 Å². The quantitative estimate of drug-likeness (QED) is 0.489. The van der Waals surface area contributed by atoms with Crippen LogP contribution in [0, 0.1) is 5.82 Å². The lowest BCUT2D eigenvalue weighted by atomic mass is 9.94. The second-order valence-electron chi connectivity index (χ2n) is 6.55. The van der Waals surface area contributed by atoms with Crippen LogP contribution in [0.5, 0.6) is 0 Å². The Morgan fingerprint density at radius 3 is 2.56 bits per heavy atom. The third-order valence-corrected chi connectivity index (χ3v) is 5.51. The molecule has 0 amide bonds. The average Bonchev–Trinajstić information content (AvgIpc) is 3.14. The first-order valence-electron chi connectivity index (χ1n) is 8.87. The SMILES string of the molecule is CSc1ccnc(-c2c(-c3ccc(F)cc3)ncn2C2CCC(=O)CC2)n1. The fourth-order valence-corrected chi connectivity index (χ4v) is 3.83. The summed E-state index contributed by atoms with van der Waals surface area (Å²) in [5.74, 6) is 0.619. The molecule has 0 bridgehead atoms. The summed E-state index contributed by atoms with van der Waals surface area (Å²) >= 11 is 1.55. The van der Waals surface area contributed by atoms with Crippen molar-refractivity contribution in [1.29, 1.82) is 0 Å². The number of carbonyl (C=O) groups is 1. The van der Waals surface area contributed by atoms with Gasteiger partial charge in [0.1, 0.15) is 17.3 Å². The van der Waals surface area contributed by atoms with Gasteiger partial charge in [0.05, 0.1) is 17.0 Å². The molecule has 0 unspecified atom stereocenters. The number of ketones is 1. The van der Waals surface area contributed by atoms with Gasteiger partial charge in [-0.1, -0.05) is 0 Å². The van der Waals surface area contributed by atoms with Crippen molar-refractivity contribution in [2.75, 3.05) is 6.26 Å². The molecule has 0 saturated heterocycles. The largest absolute Gasteiger partial charge is 0.324 e. The molecule has 3 aromatic rings. The fraction of sp³-hybridized carbons (Fsp3) is 0.300. The van der Waals surface area contributed by atoms with E-state index in [4.69, 9.17) is 0 Å². The lowest BCUT2D eigenvalue weighted by molar-refractivity contribution is -0.120. The zero-order chi connectivity index (χ0) is 18.8. The standard InChI is InChI=1S/C20H19FN4OS/c1-27-17-10-11-22-20(24-17)19-18(13-2-4-14(21)5-3-13)23-12-25(19)15-6-8-16(26)9-7-15/h2-5,10-12,15H,6-9H2,1H3. The summed E-state index contributed by atoms with van der Waals surface area (Å²) in [5, 5.41) is 0.872. The Bertz CT molecular complexity index is 960. The number of hydrogen-bond donors (Lipinski definition) is 0. The Balaban J connectivity index is 1.84. The van der Waals surface area contributed by atoms with E-state index >= 15 is 0 Å². The van der Waals surface area contributed by atoms with Crippen LogP contribution in [0.25, 0.3) is 22.8 Å². The molecule has 138 valence electrons. The van der Waals surface area contributed by atoms with Gasteiger partial charge in [-0.25, -0.2) is 19.3 Å². The Kier molecular flexibility index (Phi) is 5.03. The summed E-state index contributed by atoms with van der Waals surface area (Å²) in [7, 11) is 0. The minimum absolute atomic E-state index is 0.181. The van der Waals surface area contributed by atoms with Crippen molar-refractivity contribution in [2.45, 2.75) is 36.8 Å². The maximum atomic E-state index is 13.4. The molecule has 0 atom stereocenters. The first-order valence-corrected chi connectivity index (χ1v) is 10.1. The van der Waals surface area contributed by atoms with Gasteiger partial charge in [-0.2, -0.15) is 0 Å². The Morgan fingerprint density at radius 2 is 1.85 bits per heavy atom. The van der Waals surface area contributed by atoms with Crippen LogP contribution in [0.2, 0.25) is 0 Å². The maximum Gasteiger partial charge on any atom is 0.179 e. The van der Waals surface area contributed by atoms with Crippen molar-refractivity contribution in [1.82, 2.24) is 19.5 Å². The number of rotatable bonds is 4. The number of benzene rings is 1. The molecular weight excluding hydrogens is 363 g/mol. The molecule has 1 aliphatic carbocycles. The van der Waals surface area contributed by atoms with Crippen LogP contribution in [0.4, 0.5) is 4.39 Å². The fourth-order valence-electron chi connectivity index (χ4n) is 3.45. The van der Waals surface area contributed by atoms with E-state index in [9.17, 15) is 9.18 Å². The minimum atomic E-state index is -0.286. The van der Waals surface area contributed by atoms with Crippen molar-refractivity contribution in [2.24, 2.45) is 0 Å². The highest BCUT2D eigenvalue weighted by atomic mass is 32.2. The van der Waals surface area contributed by atoms with Gasteiger partial charge in [-0.05, 0) is 49.4 Å². The lowest BCUT2D eigenvalue weighted by Gasteiger charge is -2.24. The Morgan fingerprint density at radius 1 is 1.11 bits per heavy atom. The monoisotopic (exact) mass is 382 g/mol. The highest BCUT2D eigenvalue weighted by Crippen LogP contribution is 2.36. The predicted octanol–water partition coefficient (Wildman–Crippen LogP) is 4.55. The number of nitrogens with zero attached hydrogens (tertiary/aromatic N) is 4. The summed E-state index contributed by atoms with van der Waals surface area (Å²) in [5.41, 5.74) is 2.36. The van der Waals surface area contributed by atoms with Gasteiger partial charge in [0, 0.05) is 30.6 Å². The van der Waals surface area contributed by atoms with E-state index in [-0.39, 0.29) is 11.9 Å². The van der Waals surface area contributed by atoms with Gasteiger partial charge in [0.15, 0.2) is 5.82 Å². The second kappa shape index (κ2) is 7.60. The zero-order valence-electron chi connectivity index (χ0n) is 14.9. The van der Waals surface area contributed by atoms with Crippen LogP contribution in [-0.2, 0) is 4.79 Å². The number of carbonyl (C=O) groups excluding carboxylic acids is 1. The number of Topliss-reactive ketones (excluding diaryl/α,β-unsaturated/α-hetero) is 1. The van der Waals surface area contributed by atoms with E-state index in [1.54, 1.807) is 36.4 Å². The molecule has 4 rings (SSSR count). The number of thioether (sulfide) groups is 1. The van der Waals surface area contributed by atoms with Gasteiger partial charge < -0.3 is 4.57 Å². The third-order valence-electron chi connectivity index (χ3n) is 4.87. The molecule has 1 saturated carbocycles. The van der Waals surface area contributed by atoms with Crippen molar-refractivity contribution in [3.05, 3.63) is 48.7 Å². The van der Waals surface area contributed by atoms with Gasteiger partial charge in [-0.3, -0.25) is 4.79 Å². The number of imidazole rings is 1. The predicted molar refractivity (Wildman–Crippen MR) is 103 cm³/mol. The summed E-state index contributed by atoms with van der Waals surface area (Å²) in [6.07, 6.45) is 8.24. The summed E-state index contributed by atoms with van der Waals surface area (Å²) in [6.45, 7) is 0. The smallest absolute Gasteiger partial charge is 0.179 e. The molecule has 0 radical (unpaired) electrons. The summed E-state index contributed by atoms with van der Waals surface area (Å²) in [6, 6.07) is 8.34. The molecule has 2 aromatic heterocycles. The van der Waals surface area contributed by atoms with E-state index < -0.39 is 0 Å². The van der Waals surface area contributed by atoms with E-state index in [0.717, 1.165) is 34.8 Å². The van der Waals surface area contributed by atoms with Crippen molar-refractivity contribution < 1.29 is 9.18 Å². The molecule has 1 fully saturated rings. The first-order chi connectivity index (χ1) is 13.2. The van der Waals surface area contributed by atoms with Gasteiger partial charge in [0.25, 0.3) is 0 Å². The summed E-state index contributed by atoms with van der Waals surface area (Å²) < 4.78 is 15.5. The van der Waals surface area contributed by atoms with E-state index in [0.29, 0.717) is 24.4 Å². The third kappa shape index (κ3) is 3.64. The van der Waals surface area contributed by atoms with E-state index in [1.807, 2.05) is 12.3 Å². The molecule has 1 aliphatic rings.